The Labute approximate surface area is 204 Å². The minimum absolute atomic E-state index is 0.315. The number of carbonyl (C=O) groups is 2. The largest absolute Gasteiger partial charge is 0.503 e. The molecule has 9 heteroatoms. The predicted molar refractivity (Wildman–Crippen MR) is 133 cm³/mol. The molecule has 0 aliphatic carbocycles. The fourth-order valence-electron chi connectivity index (χ4n) is 4.03. The highest BCUT2D eigenvalue weighted by Gasteiger charge is 2.45. The second-order valence-electron chi connectivity index (χ2n) is 7.82. The van der Waals surface area contributed by atoms with Crippen LogP contribution in [0.3, 0.4) is 0 Å². The van der Waals surface area contributed by atoms with E-state index in [-0.39, 0.29) is 5.76 Å². The van der Waals surface area contributed by atoms with Crippen LogP contribution in [0.25, 0.3) is 15.8 Å². The maximum absolute atomic E-state index is 13.4. The summed E-state index contributed by atoms with van der Waals surface area (Å²) in [7, 11) is 1.30. The number of hydrogen-bond acceptors (Lipinski definition) is 8. The molecule has 2 aromatic heterocycles. The minimum Gasteiger partial charge on any atom is -0.503 e. The molecule has 1 amide bonds. The lowest BCUT2D eigenvalue weighted by atomic mass is 9.98. The Balaban J connectivity index is 1.69. The number of thiazole rings is 2. The molecule has 34 heavy (non-hydrogen) atoms. The van der Waals surface area contributed by atoms with Gasteiger partial charge in [0.15, 0.2) is 10.9 Å². The van der Waals surface area contributed by atoms with Crippen LogP contribution >= 0.6 is 22.7 Å². The third-order valence-corrected chi connectivity index (χ3v) is 8.00. The van der Waals surface area contributed by atoms with Crippen molar-refractivity contribution in [3.8, 4) is 0 Å². The highest BCUT2D eigenvalue weighted by Crippen LogP contribution is 2.48. The predicted octanol–water partition coefficient (Wildman–Crippen LogP) is 5.47. The van der Waals surface area contributed by atoms with E-state index >= 15 is 0 Å². The van der Waals surface area contributed by atoms with Gasteiger partial charge in [0.2, 0.25) is 0 Å². The zero-order valence-corrected chi connectivity index (χ0v) is 20.4. The van der Waals surface area contributed by atoms with Crippen LogP contribution in [-0.4, -0.2) is 34.1 Å². The van der Waals surface area contributed by atoms with Gasteiger partial charge in [-0.05, 0) is 36.6 Å². The monoisotopic (exact) mass is 491 g/mol. The number of amides is 1. The molecule has 0 fully saturated rings. The summed E-state index contributed by atoms with van der Waals surface area (Å²) in [5.41, 5.74) is 3.67. The molecule has 1 N–H and O–H groups in total. The molecule has 4 aromatic rings. The molecule has 2 aromatic carbocycles. The average molecular weight is 492 g/mol. The average Bonchev–Trinajstić information content (AvgIpc) is 3.52. The normalized spacial score (nSPS) is 16.0. The van der Waals surface area contributed by atoms with E-state index in [1.54, 1.807) is 6.92 Å². The van der Waals surface area contributed by atoms with E-state index < -0.39 is 17.9 Å². The van der Waals surface area contributed by atoms with Crippen LogP contribution in [0.4, 0.5) is 5.13 Å². The Morgan fingerprint density at radius 2 is 1.85 bits per heavy atom. The molecule has 7 nitrogen and oxygen atoms in total. The number of hydrogen-bond donors (Lipinski definition) is 1. The smallest absolute Gasteiger partial charge is 0.350 e. The number of aryl methyl sites for hydroxylation is 2. The Morgan fingerprint density at radius 1 is 1.12 bits per heavy atom. The summed E-state index contributed by atoms with van der Waals surface area (Å²) in [5.74, 6) is -1.46. The Hall–Kier alpha value is -3.56. The van der Waals surface area contributed by atoms with Crippen LogP contribution in [0, 0.1) is 6.92 Å². The van der Waals surface area contributed by atoms with E-state index in [2.05, 4.69) is 11.9 Å². The fourth-order valence-corrected chi connectivity index (χ4v) is 6.07. The molecule has 0 radical (unpaired) electrons. The minimum atomic E-state index is -0.644. The number of aromatic nitrogens is 2. The molecule has 1 aliphatic rings. The Morgan fingerprint density at radius 3 is 2.53 bits per heavy atom. The molecule has 5 rings (SSSR count). The molecule has 1 atom stereocenters. The number of anilines is 1. The van der Waals surface area contributed by atoms with Crippen molar-refractivity contribution in [2.24, 2.45) is 0 Å². The highest BCUT2D eigenvalue weighted by atomic mass is 32.1. The van der Waals surface area contributed by atoms with Gasteiger partial charge in [-0.1, -0.05) is 54.7 Å². The number of ether oxygens (including phenoxy) is 1. The number of aliphatic hydroxyl groups is 1. The third-order valence-electron chi connectivity index (χ3n) is 5.80. The number of methoxy groups -OCH3 is 1. The molecule has 3 heterocycles. The summed E-state index contributed by atoms with van der Waals surface area (Å²) in [5, 5.41) is 12.0. The van der Waals surface area contributed by atoms with Crippen molar-refractivity contribution >= 4 is 55.5 Å². The summed E-state index contributed by atoms with van der Waals surface area (Å²) in [4.78, 5) is 36.6. The molecule has 0 saturated carbocycles. The van der Waals surface area contributed by atoms with Crippen molar-refractivity contribution in [2.45, 2.75) is 26.3 Å². The van der Waals surface area contributed by atoms with Gasteiger partial charge in [-0.15, -0.1) is 11.3 Å². The van der Waals surface area contributed by atoms with Crippen LogP contribution in [-0.2, 0) is 16.0 Å². The van der Waals surface area contributed by atoms with E-state index in [0.717, 1.165) is 39.1 Å². The first kappa shape index (κ1) is 22.2. The van der Waals surface area contributed by atoms with Gasteiger partial charge in [0.1, 0.15) is 9.88 Å². The van der Waals surface area contributed by atoms with Gasteiger partial charge in [0.25, 0.3) is 5.91 Å². The van der Waals surface area contributed by atoms with Crippen LogP contribution < -0.4 is 4.90 Å². The Kier molecular flexibility index (Phi) is 5.66. The number of rotatable bonds is 5. The summed E-state index contributed by atoms with van der Waals surface area (Å²) in [6, 6.07) is 15.0. The molecule has 0 bridgehead atoms. The van der Waals surface area contributed by atoms with Gasteiger partial charge in [-0.2, -0.15) is 0 Å². The van der Waals surface area contributed by atoms with Crippen LogP contribution in [0.5, 0.6) is 0 Å². The highest BCUT2D eigenvalue weighted by molar-refractivity contribution is 7.19. The van der Waals surface area contributed by atoms with Gasteiger partial charge in [-0.3, -0.25) is 9.69 Å². The molecular formula is C25H21N3O4S2. The fraction of sp³-hybridized carbons (Fsp3) is 0.200. The molecule has 0 spiro atoms. The van der Waals surface area contributed by atoms with Crippen molar-refractivity contribution < 1.29 is 19.4 Å². The standard InChI is InChI=1S/C25H21N3O4S2/c1-4-14-9-11-15(12-10-14)19-18(22-27-16-7-5-6-8-17(16)33-22)20(29)23(30)28(19)25-26-13(2)21(34-25)24(31)32-3/h5-12,19,29H,4H2,1-3H3/t19-/m1/s1. The maximum Gasteiger partial charge on any atom is 0.350 e. The summed E-state index contributed by atoms with van der Waals surface area (Å²) >= 11 is 2.49. The summed E-state index contributed by atoms with van der Waals surface area (Å²) in [6.45, 7) is 3.77. The Bertz CT molecular complexity index is 1420. The van der Waals surface area contributed by atoms with E-state index in [0.29, 0.717) is 26.3 Å². The third kappa shape index (κ3) is 3.57. The zero-order chi connectivity index (χ0) is 24.0. The van der Waals surface area contributed by atoms with Crippen molar-refractivity contribution in [2.75, 3.05) is 12.0 Å². The van der Waals surface area contributed by atoms with E-state index in [4.69, 9.17) is 9.72 Å². The zero-order valence-electron chi connectivity index (χ0n) is 18.7. The van der Waals surface area contributed by atoms with E-state index in [1.165, 1.54) is 23.3 Å². The van der Waals surface area contributed by atoms with Gasteiger partial charge < -0.3 is 9.84 Å². The van der Waals surface area contributed by atoms with Crippen molar-refractivity contribution in [1.29, 1.82) is 0 Å². The number of aliphatic hydroxyl groups excluding tert-OH is 1. The lowest BCUT2D eigenvalue weighted by Crippen LogP contribution is -2.30. The first-order valence-corrected chi connectivity index (χ1v) is 12.3. The van der Waals surface area contributed by atoms with Gasteiger partial charge in [-0.25, -0.2) is 14.8 Å². The second kappa shape index (κ2) is 8.66. The molecule has 0 saturated heterocycles. The molecule has 1 aliphatic heterocycles. The van der Waals surface area contributed by atoms with Crippen LogP contribution in [0.2, 0.25) is 0 Å². The quantitative estimate of drug-likeness (QED) is 0.372. The summed E-state index contributed by atoms with van der Waals surface area (Å²) < 4.78 is 5.82. The second-order valence-corrected chi connectivity index (χ2v) is 9.83. The number of nitrogens with zero attached hydrogens (tertiary/aromatic N) is 3. The van der Waals surface area contributed by atoms with Crippen molar-refractivity contribution in [1.82, 2.24) is 9.97 Å². The molecule has 0 unspecified atom stereocenters. The lowest BCUT2D eigenvalue weighted by Gasteiger charge is -2.24. The first-order valence-electron chi connectivity index (χ1n) is 10.7. The number of esters is 1. The molecular weight excluding hydrogens is 470 g/mol. The van der Waals surface area contributed by atoms with E-state index in [1.807, 2.05) is 48.5 Å². The first-order chi connectivity index (χ1) is 16.4. The molecule has 172 valence electrons. The number of benzene rings is 2. The number of fused-ring (bicyclic) bond motifs is 1. The topological polar surface area (TPSA) is 92.6 Å². The number of carbonyl (C=O) groups excluding carboxylic acids is 2. The van der Waals surface area contributed by atoms with Gasteiger partial charge >= 0.3 is 5.97 Å². The van der Waals surface area contributed by atoms with Crippen LogP contribution in [0.15, 0.2) is 54.3 Å². The lowest BCUT2D eigenvalue weighted by molar-refractivity contribution is -0.117. The summed E-state index contributed by atoms with van der Waals surface area (Å²) in [6.07, 6.45) is 0.883. The number of para-hydroxylation sites is 1. The van der Waals surface area contributed by atoms with E-state index in [9.17, 15) is 14.7 Å². The maximum atomic E-state index is 13.4. The van der Waals surface area contributed by atoms with Gasteiger partial charge in [0, 0.05) is 0 Å². The van der Waals surface area contributed by atoms with Gasteiger partial charge in [0.05, 0.1) is 34.6 Å². The van der Waals surface area contributed by atoms with Crippen molar-refractivity contribution in [3.05, 3.63) is 81.0 Å². The SMILES string of the molecule is CCc1ccc([C@@H]2C(c3nc4ccccc4s3)=C(O)C(=O)N2c2nc(C)c(C(=O)OC)s2)cc1. The van der Waals surface area contributed by atoms with Crippen LogP contribution in [0.1, 0.15) is 44.5 Å². The van der Waals surface area contributed by atoms with Crippen molar-refractivity contribution in [3.63, 3.8) is 0 Å².